The first-order valence-electron chi connectivity index (χ1n) is 15.4. The summed E-state index contributed by atoms with van der Waals surface area (Å²) in [6.45, 7) is 11.6. The van der Waals surface area contributed by atoms with Gasteiger partial charge < -0.3 is 24.6 Å². The summed E-state index contributed by atoms with van der Waals surface area (Å²) < 4.78 is 11.6. The number of hydrogen-bond acceptors (Lipinski definition) is 7. The Labute approximate surface area is 244 Å². The van der Waals surface area contributed by atoms with Crippen molar-refractivity contribution >= 4 is 17.7 Å². The number of pyridine rings is 1. The van der Waals surface area contributed by atoms with E-state index >= 15 is 0 Å². The maximum absolute atomic E-state index is 13.8. The summed E-state index contributed by atoms with van der Waals surface area (Å²) >= 11 is 0. The first kappa shape index (κ1) is 29.8. The zero-order valence-electron chi connectivity index (χ0n) is 25.0. The van der Waals surface area contributed by atoms with E-state index in [4.69, 9.17) is 9.47 Å². The number of likely N-dealkylation sites (tertiary alicyclic amines) is 1. The SMILES string of the molecule is CC(C)(C)CC(=O)N1CCOCCOc2cccc(n2)C(=O)N[C@H]2C[C@@H](C(=O)N3CCC(CC3)C1)N(CC1CC1)C2. The number of aromatic nitrogens is 1. The third-order valence-electron chi connectivity index (χ3n) is 8.59. The van der Waals surface area contributed by atoms with Crippen molar-refractivity contribution in [2.45, 2.75) is 71.4 Å². The van der Waals surface area contributed by atoms with Gasteiger partial charge in [-0.2, -0.15) is 0 Å². The van der Waals surface area contributed by atoms with Gasteiger partial charge in [-0.25, -0.2) is 4.98 Å². The molecule has 0 radical (unpaired) electrons. The van der Waals surface area contributed by atoms with Crippen LogP contribution in [0.25, 0.3) is 0 Å². The van der Waals surface area contributed by atoms with Gasteiger partial charge in [0, 0.05) is 57.8 Å². The second-order valence-corrected chi connectivity index (χ2v) is 13.5. The molecule has 3 amide bonds. The Morgan fingerprint density at radius 2 is 1.80 bits per heavy atom. The summed E-state index contributed by atoms with van der Waals surface area (Å²) in [6.07, 6.45) is 5.30. The number of ether oxygens (including phenoxy) is 2. The lowest BCUT2D eigenvalue weighted by Crippen LogP contribution is -2.50. The molecule has 1 N–H and O–H groups in total. The lowest BCUT2D eigenvalue weighted by atomic mass is 9.90. The fourth-order valence-corrected chi connectivity index (χ4v) is 6.20. The van der Waals surface area contributed by atoms with E-state index in [1.807, 2.05) is 9.80 Å². The number of piperidine rings is 1. The highest BCUT2D eigenvalue weighted by molar-refractivity contribution is 5.92. The van der Waals surface area contributed by atoms with Gasteiger partial charge >= 0.3 is 0 Å². The highest BCUT2D eigenvalue weighted by Crippen LogP contribution is 2.33. The zero-order chi connectivity index (χ0) is 29.0. The van der Waals surface area contributed by atoms with E-state index in [1.165, 1.54) is 12.8 Å². The monoisotopic (exact) mass is 569 g/mol. The number of carbonyl (C=O) groups is 3. The Balaban J connectivity index is 1.31. The Bertz CT molecular complexity index is 1080. The number of carbonyl (C=O) groups excluding carboxylic acids is 3. The first-order chi connectivity index (χ1) is 19.6. The van der Waals surface area contributed by atoms with E-state index in [2.05, 4.69) is 36.0 Å². The van der Waals surface area contributed by atoms with Crippen LogP contribution in [0.4, 0.5) is 0 Å². The van der Waals surface area contributed by atoms with Crippen molar-refractivity contribution in [1.29, 1.82) is 0 Å². The highest BCUT2D eigenvalue weighted by atomic mass is 16.5. The minimum Gasteiger partial charge on any atom is -0.475 e. The van der Waals surface area contributed by atoms with Gasteiger partial charge in [0.05, 0.1) is 19.3 Å². The first-order valence-corrected chi connectivity index (χ1v) is 15.4. The summed E-state index contributed by atoms with van der Waals surface area (Å²) in [4.78, 5) is 50.8. The lowest BCUT2D eigenvalue weighted by molar-refractivity contribution is -0.139. The zero-order valence-corrected chi connectivity index (χ0v) is 25.0. The maximum Gasteiger partial charge on any atom is 0.270 e. The summed E-state index contributed by atoms with van der Waals surface area (Å²) in [5.74, 6) is 1.46. The molecule has 5 heterocycles. The molecule has 10 heteroatoms. The highest BCUT2D eigenvalue weighted by Gasteiger charge is 2.42. The lowest BCUT2D eigenvalue weighted by Gasteiger charge is -2.37. The van der Waals surface area contributed by atoms with Crippen molar-refractivity contribution in [1.82, 2.24) is 25.0 Å². The van der Waals surface area contributed by atoms with Crippen molar-refractivity contribution in [3.63, 3.8) is 0 Å². The molecule has 41 heavy (non-hydrogen) atoms. The summed E-state index contributed by atoms with van der Waals surface area (Å²) in [5, 5.41) is 3.13. The molecule has 1 aliphatic carbocycles. The molecule has 3 fully saturated rings. The Morgan fingerprint density at radius 1 is 1.02 bits per heavy atom. The normalized spacial score (nSPS) is 27.2. The van der Waals surface area contributed by atoms with Crippen LogP contribution in [0, 0.1) is 17.3 Å². The van der Waals surface area contributed by atoms with Gasteiger partial charge in [0.1, 0.15) is 12.3 Å². The second kappa shape index (κ2) is 13.1. The molecular formula is C31H47N5O5. The molecule has 4 aliphatic heterocycles. The minimum absolute atomic E-state index is 0.0905. The van der Waals surface area contributed by atoms with Crippen molar-refractivity contribution in [2.75, 3.05) is 59.1 Å². The smallest absolute Gasteiger partial charge is 0.270 e. The molecule has 2 saturated heterocycles. The molecule has 1 aromatic heterocycles. The van der Waals surface area contributed by atoms with Crippen molar-refractivity contribution in [2.24, 2.45) is 17.3 Å². The molecular weight excluding hydrogens is 522 g/mol. The minimum atomic E-state index is -0.247. The van der Waals surface area contributed by atoms with Gasteiger partial charge in [0.15, 0.2) is 0 Å². The number of amides is 3. The van der Waals surface area contributed by atoms with Gasteiger partial charge in [-0.3, -0.25) is 19.3 Å². The van der Waals surface area contributed by atoms with E-state index in [0.29, 0.717) is 88.8 Å². The summed E-state index contributed by atoms with van der Waals surface area (Å²) in [6, 6.07) is 4.85. The Kier molecular flexibility index (Phi) is 9.49. The van der Waals surface area contributed by atoms with Crippen LogP contribution in [-0.2, 0) is 14.3 Å². The predicted octanol–water partition coefficient (Wildman–Crippen LogP) is 2.58. The van der Waals surface area contributed by atoms with Crippen LogP contribution < -0.4 is 10.1 Å². The predicted molar refractivity (Wildman–Crippen MR) is 154 cm³/mol. The van der Waals surface area contributed by atoms with Gasteiger partial charge in [-0.1, -0.05) is 26.8 Å². The fraction of sp³-hybridized carbons (Fsp3) is 0.742. The quantitative estimate of drug-likeness (QED) is 0.558. The van der Waals surface area contributed by atoms with Crippen LogP contribution in [0.5, 0.6) is 5.88 Å². The second-order valence-electron chi connectivity index (χ2n) is 13.5. The van der Waals surface area contributed by atoms with Crippen LogP contribution in [0.3, 0.4) is 0 Å². The summed E-state index contributed by atoms with van der Waals surface area (Å²) in [7, 11) is 0. The van der Waals surface area contributed by atoms with Crippen molar-refractivity contribution in [3.05, 3.63) is 23.9 Å². The standard InChI is InChI=1S/C31H47N5O5/c1-31(2,3)18-28(37)35-13-14-40-15-16-41-27-6-4-5-25(33-27)29(38)32-24-17-26(36(21-24)20-22-7-8-22)30(39)34-11-9-23(19-35)10-12-34/h4-6,22-24,26H,7-21H2,1-3H3,(H,32,38)/t24-,26-/m0/s1. The van der Waals surface area contributed by atoms with E-state index in [1.54, 1.807) is 18.2 Å². The molecule has 226 valence electrons. The molecule has 1 saturated carbocycles. The van der Waals surface area contributed by atoms with E-state index in [0.717, 1.165) is 19.4 Å². The largest absolute Gasteiger partial charge is 0.475 e. The molecule has 5 aliphatic rings. The third kappa shape index (κ3) is 8.41. The number of nitrogens with zero attached hydrogens (tertiary/aromatic N) is 4. The number of fused-ring (bicyclic) bond motifs is 10. The average molecular weight is 570 g/mol. The molecule has 1 aromatic rings. The fourth-order valence-electron chi connectivity index (χ4n) is 6.20. The van der Waals surface area contributed by atoms with Crippen molar-refractivity contribution in [3.8, 4) is 5.88 Å². The molecule has 2 atom stereocenters. The third-order valence-corrected chi connectivity index (χ3v) is 8.59. The van der Waals surface area contributed by atoms with Crippen LogP contribution in [0.1, 0.15) is 69.8 Å². The van der Waals surface area contributed by atoms with Gasteiger partial charge in [0.25, 0.3) is 5.91 Å². The number of hydrogen-bond donors (Lipinski definition) is 1. The van der Waals surface area contributed by atoms with E-state index in [-0.39, 0.29) is 35.2 Å². The van der Waals surface area contributed by atoms with E-state index in [9.17, 15) is 14.4 Å². The number of nitrogens with one attached hydrogen (secondary N) is 1. The molecule has 0 aromatic carbocycles. The van der Waals surface area contributed by atoms with Crippen LogP contribution >= 0.6 is 0 Å². The van der Waals surface area contributed by atoms with Gasteiger partial charge in [-0.15, -0.1) is 0 Å². The van der Waals surface area contributed by atoms with Crippen LogP contribution in [0.15, 0.2) is 18.2 Å². The van der Waals surface area contributed by atoms with Crippen LogP contribution in [0.2, 0.25) is 0 Å². The Hall–Kier alpha value is -2.72. The molecule has 6 rings (SSSR count). The molecule has 0 spiro atoms. The van der Waals surface area contributed by atoms with Crippen molar-refractivity contribution < 1.29 is 23.9 Å². The Morgan fingerprint density at radius 3 is 2.54 bits per heavy atom. The number of rotatable bonds is 3. The topological polar surface area (TPSA) is 104 Å². The molecule has 10 nitrogen and oxygen atoms in total. The van der Waals surface area contributed by atoms with Gasteiger partial charge in [-0.05, 0) is 55.4 Å². The average Bonchev–Trinajstić information content (AvgIpc) is 3.66. The molecule has 0 unspecified atom stereocenters. The van der Waals surface area contributed by atoms with Crippen LogP contribution in [-0.4, -0.2) is 109 Å². The van der Waals surface area contributed by atoms with E-state index < -0.39 is 0 Å². The maximum atomic E-state index is 13.8. The molecule has 6 bridgehead atoms. The van der Waals surface area contributed by atoms with Gasteiger partial charge in [0.2, 0.25) is 17.7 Å². The summed E-state index contributed by atoms with van der Waals surface area (Å²) in [5.41, 5.74) is 0.208.